The van der Waals surface area contributed by atoms with E-state index in [-0.39, 0.29) is 5.78 Å². The van der Waals surface area contributed by atoms with Crippen molar-refractivity contribution in [3.05, 3.63) is 34.3 Å². The van der Waals surface area contributed by atoms with E-state index in [2.05, 4.69) is 0 Å². The molecule has 1 saturated carbocycles. The first-order valence-electron chi connectivity index (χ1n) is 6.47. The Morgan fingerprint density at radius 2 is 2.06 bits per heavy atom. The van der Waals surface area contributed by atoms with E-state index in [0.29, 0.717) is 11.4 Å². The molecule has 17 heavy (non-hydrogen) atoms. The molecule has 1 nitrogen and oxygen atoms in total. The molecule has 2 rings (SSSR count). The number of hydrogen-bond donors (Lipinski definition) is 0. The third-order valence-corrected chi connectivity index (χ3v) is 4.07. The number of aryl methyl sites for hydroxylation is 1. The van der Waals surface area contributed by atoms with Gasteiger partial charge in [-0.25, -0.2) is 0 Å². The van der Waals surface area contributed by atoms with Crippen molar-refractivity contribution in [2.75, 3.05) is 0 Å². The van der Waals surface area contributed by atoms with Crippen LogP contribution in [0.25, 0.3) is 0 Å². The van der Waals surface area contributed by atoms with Crippen molar-refractivity contribution < 1.29 is 4.79 Å². The SMILES string of the molecule is Cc1cccc(Cl)c1C(=O)CCC1CCCC1. The summed E-state index contributed by atoms with van der Waals surface area (Å²) in [5, 5.41) is 0.599. The standard InChI is InChI=1S/C15H19ClO/c1-11-5-4-8-13(16)15(11)14(17)10-9-12-6-2-3-7-12/h4-5,8,12H,2-3,6-7,9-10H2,1H3. The number of Topliss-reactive ketones (excluding diaryl/α,β-unsaturated/α-hetero) is 1. The van der Waals surface area contributed by atoms with Crippen molar-refractivity contribution in [1.82, 2.24) is 0 Å². The summed E-state index contributed by atoms with van der Waals surface area (Å²) < 4.78 is 0. The summed E-state index contributed by atoms with van der Waals surface area (Å²) in [5.74, 6) is 0.974. The zero-order valence-electron chi connectivity index (χ0n) is 10.3. The molecule has 0 N–H and O–H groups in total. The lowest BCUT2D eigenvalue weighted by molar-refractivity contribution is 0.0973. The van der Waals surface area contributed by atoms with E-state index in [0.717, 1.165) is 23.5 Å². The van der Waals surface area contributed by atoms with Gasteiger partial charge in [-0.15, -0.1) is 0 Å². The first-order chi connectivity index (χ1) is 8.18. The number of carbonyl (C=O) groups excluding carboxylic acids is 1. The van der Waals surface area contributed by atoms with Crippen LogP contribution in [-0.4, -0.2) is 5.78 Å². The third kappa shape index (κ3) is 3.10. The fraction of sp³-hybridized carbons (Fsp3) is 0.533. The molecule has 0 aromatic heterocycles. The number of carbonyl (C=O) groups is 1. The Balaban J connectivity index is 1.99. The van der Waals surface area contributed by atoms with Gasteiger partial charge in [0.2, 0.25) is 0 Å². The van der Waals surface area contributed by atoms with E-state index in [1.54, 1.807) is 6.07 Å². The van der Waals surface area contributed by atoms with Crippen LogP contribution < -0.4 is 0 Å². The summed E-state index contributed by atoms with van der Waals surface area (Å²) in [4.78, 5) is 12.2. The van der Waals surface area contributed by atoms with E-state index in [1.165, 1.54) is 25.7 Å². The molecule has 1 aromatic carbocycles. The van der Waals surface area contributed by atoms with Crippen LogP contribution in [0.4, 0.5) is 0 Å². The van der Waals surface area contributed by atoms with E-state index < -0.39 is 0 Å². The van der Waals surface area contributed by atoms with Crippen molar-refractivity contribution in [3.63, 3.8) is 0 Å². The van der Waals surface area contributed by atoms with Crippen molar-refractivity contribution in [3.8, 4) is 0 Å². The predicted octanol–water partition coefficient (Wildman–Crippen LogP) is 4.80. The quantitative estimate of drug-likeness (QED) is 0.702. The fourth-order valence-corrected chi connectivity index (χ4v) is 3.07. The zero-order chi connectivity index (χ0) is 12.3. The Hall–Kier alpha value is -0.820. The van der Waals surface area contributed by atoms with Gasteiger partial charge in [0.1, 0.15) is 0 Å². The van der Waals surface area contributed by atoms with E-state index in [1.807, 2.05) is 19.1 Å². The Bertz CT molecular complexity index is 385. The maximum absolute atomic E-state index is 12.2. The molecule has 1 aliphatic carbocycles. The van der Waals surface area contributed by atoms with Crippen LogP contribution in [0, 0.1) is 12.8 Å². The number of halogens is 1. The summed E-state index contributed by atoms with van der Waals surface area (Å²) in [6, 6.07) is 5.65. The molecule has 0 heterocycles. The Kier molecular flexibility index (Phi) is 4.22. The molecule has 0 amide bonds. The molecular formula is C15H19ClO. The Morgan fingerprint density at radius 1 is 1.35 bits per heavy atom. The van der Waals surface area contributed by atoms with Gasteiger partial charge in [0.15, 0.2) is 5.78 Å². The Morgan fingerprint density at radius 3 is 2.71 bits per heavy atom. The first-order valence-corrected chi connectivity index (χ1v) is 6.84. The summed E-state index contributed by atoms with van der Waals surface area (Å²) in [7, 11) is 0. The minimum absolute atomic E-state index is 0.208. The summed E-state index contributed by atoms with van der Waals surface area (Å²) in [6.07, 6.45) is 6.95. The second kappa shape index (κ2) is 5.68. The minimum atomic E-state index is 0.208. The average Bonchev–Trinajstić information content (AvgIpc) is 2.79. The van der Waals surface area contributed by atoms with Gasteiger partial charge < -0.3 is 0 Å². The lowest BCUT2D eigenvalue weighted by Crippen LogP contribution is -2.05. The minimum Gasteiger partial charge on any atom is -0.294 e. The summed E-state index contributed by atoms with van der Waals surface area (Å²) in [6.45, 7) is 1.95. The zero-order valence-corrected chi connectivity index (χ0v) is 11.1. The molecule has 0 radical (unpaired) electrons. The van der Waals surface area contributed by atoms with Crippen LogP contribution in [0.1, 0.15) is 54.4 Å². The Labute approximate surface area is 108 Å². The molecule has 1 fully saturated rings. The lowest BCUT2D eigenvalue weighted by atomic mass is 9.95. The van der Waals surface area contributed by atoms with Crippen LogP contribution >= 0.6 is 11.6 Å². The highest BCUT2D eigenvalue weighted by Crippen LogP contribution is 2.30. The molecular weight excluding hydrogens is 232 g/mol. The molecule has 0 bridgehead atoms. The second-order valence-electron chi connectivity index (χ2n) is 5.04. The fourth-order valence-electron chi connectivity index (χ4n) is 2.74. The van der Waals surface area contributed by atoms with Gasteiger partial charge in [-0.05, 0) is 30.9 Å². The van der Waals surface area contributed by atoms with Crippen LogP contribution in [-0.2, 0) is 0 Å². The van der Waals surface area contributed by atoms with Crippen molar-refractivity contribution in [2.45, 2.75) is 45.4 Å². The van der Waals surface area contributed by atoms with Crippen LogP contribution in [0.5, 0.6) is 0 Å². The van der Waals surface area contributed by atoms with E-state index in [4.69, 9.17) is 11.6 Å². The monoisotopic (exact) mass is 250 g/mol. The average molecular weight is 251 g/mol. The highest BCUT2D eigenvalue weighted by Gasteiger charge is 2.18. The van der Waals surface area contributed by atoms with Gasteiger partial charge >= 0.3 is 0 Å². The molecule has 0 saturated heterocycles. The van der Waals surface area contributed by atoms with Crippen molar-refractivity contribution in [2.24, 2.45) is 5.92 Å². The maximum Gasteiger partial charge on any atom is 0.164 e. The van der Waals surface area contributed by atoms with Crippen molar-refractivity contribution >= 4 is 17.4 Å². The molecule has 1 aliphatic rings. The van der Waals surface area contributed by atoms with Gasteiger partial charge in [-0.3, -0.25) is 4.79 Å². The van der Waals surface area contributed by atoms with Crippen LogP contribution in [0.3, 0.4) is 0 Å². The van der Waals surface area contributed by atoms with Gasteiger partial charge in [0, 0.05) is 12.0 Å². The predicted molar refractivity (Wildman–Crippen MR) is 71.7 cm³/mol. The molecule has 0 aliphatic heterocycles. The van der Waals surface area contributed by atoms with Gasteiger partial charge in [-0.2, -0.15) is 0 Å². The van der Waals surface area contributed by atoms with Crippen molar-refractivity contribution in [1.29, 1.82) is 0 Å². The van der Waals surface area contributed by atoms with Gasteiger partial charge in [0.25, 0.3) is 0 Å². The maximum atomic E-state index is 12.2. The number of benzene rings is 1. The summed E-state index contributed by atoms with van der Waals surface area (Å²) in [5.41, 5.74) is 1.72. The van der Waals surface area contributed by atoms with E-state index in [9.17, 15) is 4.79 Å². The second-order valence-corrected chi connectivity index (χ2v) is 5.45. The normalized spacial score (nSPS) is 16.4. The molecule has 0 spiro atoms. The number of hydrogen-bond acceptors (Lipinski definition) is 1. The molecule has 92 valence electrons. The van der Waals surface area contributed by atoms with E-state index >= 15 is 0 Å². The molecule has 0 unspecified atom stereocenters. The van der Waals surface area contributed by atoms with Crippen LogP contribution in [0.15, 0.2) is 18.2 Å². The highest BCUT2D eigenvalue weighted by atomic mass is 35.5. The highest BCUT2D eigenvalue weighted by molar-refractivity contribution is 6.34. The van der Waals surface area contributed by atoms with Gasteiger partial charge in [0.05, 0.1) is 5.02 Å². The molecule has 1 aromatic rings. The smallest absolute Gasteiger partial charge is 0.164 e. The molecule has 0 atom stereocenters. The van der Waals surface area contributed by atoms with Crippen LogP contribution in [0.2, 0.25) is 5.02 Å². The third-order valence-electron chi connectivity index (χ3n) is 3.76. The topological polar surface area (TPSA) is 17.1 Å². The molecule has 2 heteroatoms. The number of rotatable bonds is 4. The number of ketones is 1. The lowest BCUT2D eigenvalue weighted by Gasteiger charge is -2.10. The summed E-state index contributed by atoms with van der Waals surface area (Å²) >= 11 is 6.10. The first kappa shape index (κ1) is 12.6. The van der Waals surface area contributed by atoms with Gasteiger partial charge in [-0.1, -0.05) is 49.4 Å². The largest absolute Gasteiger partial charge is 0.294 e.